The van der Waals surface area contributed by atoms with Gasteiger partial charge < -0.3 is 4.90 Å². The van der Waals surface area contributed by atoms with E-state index in [4.69, 9.17) is 0 Å². The number of carbonyl (C=O) groups excluding carboxylic acids is 1. The molecule has 1 saturated heterocycles. The van der Waals surface area contributed by atoms with Crippen LogP contribution in [0.15, 0.2) is 47.4 Å². The minimum Gasteiger partial charge on any atom is -0.337 e. The van der Waals surface area contributed by atoms with Gasteiger partial charge in [0.1, 0.15) is 12.2 Å². The van der Waals surface area contributed by atoms with Gasteiger partial charge >= 0.3 is 0 Å². The van der Waals surface area contributed by atoms with E-state index in [9.17, 15) is 26.4 Å². The predicted octanol–water partition coefficient (Wildman–Crippen LogP) is 2.65. The Labute approximate surface area is 166 Å². The Kier molecular flexibility index (Phi) is 5.12. The van der Waals surface area contributed by atoms with Crippen LogP contribution in [0.5, 0.6) is 0 Å². The maximum atomic E-state index is 14.2. The van der Waals surface area contributed by atoms with Gasteiger partial charge in [-0.2, -0.15) is 4.31 Å². The number of benzene rings is 2. The van der Waals surface area contributed by atoms with Crippen molar-refractivity contribution in [2.75, 3.05) is 13.1 Å². The van der Waals surface area contributed by atoms with Crippen molar-refractivity contribution >= 4 is 15.9 Å². The molecule has 0 unspecified atom stereocenters. The molecule has 2 aliphatic rings. The van der Waals surface area contributed by atoms with Gasteiger partial charge in [0.25, 0.3) is 0 Å². The summed E-state index contributed by atoms with van der Waals surface area (Å²) in [5.41, 5.74) is 2.09. The van der Waals surface area contributed by atoms with E-state index in [1.165, 1.54) is 4.90 Å². The lowest BCUT2D eigenvalue weighted by Crippen LogP contribution is -2.49. The van der Waals surface area contributed by atoms with Gasteiger partial charge in [0.05, 0.1) is 4.90 Å². The summed E-state index contributed by atoms with van der Waals surface area (Å²) >= 11 is 0. The number of hydrogen-bond donors (Lipinski definition) is 0. The lowest BCUT2D eigenvalue weighted by atomic mass is 9.99. The Hall–Kier alpha value is -2.39. The fraction of sp³-hybridized carbons (Fsp3) is 0.350. The van der Waals surface area contributed by atoms with Gasteiger partial charge in [-0.25, -0.2) is 21.6 Å². The van der Waals surface area contributed by atoms with Crippen molar-refractivity contribution in [3.63, 3.8) is 0 Å². The molecule has 0 N–H and O–H groups in total. The van der Waals surface area contributed by atoms with Crippen molar-refractivity contribution in [3.8, 4) is 0 Å². The second-order valence-corrected chi connectivity index (χ2v) is 9.17. The van der Waals surface area contributed by atoms with Gasteiger partial charge in [0.15, 0.2) is 11.6 Å². The summed E-state index contributed by atoms with van der Waals surface area (Å²) in [6, 6.07) is 8.60. The van der Waals surface area contributed by atoms with E-state index < -0.39 is 51.2 Å². The highest BCUT2D eigenvalue weighted by molar-refractivity contribution is 7.89. The fourth-order valence-corrected chi connectivity index (χ4v) is 5.55. The van der Waals surface area contributed by atoms with Gasteiger partial charge in [-0.1, -0.05) is 24.3 Å². The first-order valence-corrected chi connectivity index (χ1v) is 10.7. The summed E-state index contributed by atoms with van der Waals surface area (Å²) < 4.78 is 67.6. The highest BCUT2D eigenvalue weighted by atomic mass is 32.2. The van der Waals surface area contributed by atoms with Crippen LogP contribution < -0.4 is 0 Å². The molecule has 4 rings (SSSR count). The monoisotopic (exact) mass is 424 g/mol. The van der Waals surface area contributed by atoms with Crippen LogP contribution in [0.25, 0.3) is 0 Å². The number of fused-ring (bicyclic) bond motifs is 1. The Bertz CT molecular complexity index is 1060. The molecule has 2 aliphatic heterocycles. The van der Waals surface area contributed by atoms with Crippen molar-refractivity contribution in [1.82, 2.24) is 9.21 Å². The van der Waals surface area contributed by atoms with Gasteiger partial charge in [0.2, 0.25) is 15.9 Å². The van der Waals surface area contributed by atoms with E-state index in [0.29, 0.717) is 31.6 Å². The van der Waals surface area contributed by atoms with E-state index in [1.807, 2.05) is 24.3 Å². The first-order chi connectivity index (χ1) is 13.8. The lowest BCUT2D eigenvalue weighted by molar-refractivity contribution is -0.135. The van der Waals surface area contributed by atoms with Crippen molar-refractivity contribution in [1.29, 1.82) is 0 Å². The van der Waals surface area contributed by atoms with Crippen LogP contribution in [0.1, 0.15) is 17.5 Å². The smallest absolute Gasteiger partial charge is 0.244 e. The van der Waals surface area contributed by atoms with Gasteiger partial charge in [0, 0.05) is 26.1 Å². The summed E-state index contributed by atoms with van der Waals surface area (Å²) in [4.78, 5) is 14.1. The highest BCUT2D eigenvalue weighted by Crippen LogP contribution is 2.31. The van der Waals surface area contributed by atoms with Crippen LogP contribution in [-0.2, 0) is 27.8 Å². The molecule has 0 aliphatic carbocycles. The molecular formula is C20H19F3N2O3S. The summed E-state index contributed by atoms with van der Waals surface area (Å²) in [6.07, 6.45) is -1.15. The zero-order valence-electron chi connectivity index (χ0n) is 15.4. The van der Waals surface area contributed by atoms with E-state index in [1.54, 1.807) is 0 Å². The summed E-state index contributed by atoms with van der Waals surface area (Å²) in [5, 5.41) is 0. The van der Waals surface area contributed by atoms with Crippen molar-refractivity contribution in [2.24, 2.45) is 0 Å². The zero-order valence-corrected chi connectivity index (χ0v) is 16.2. The molecule has 2 atom stereocenters. The van der Waals surface area contributed by atoms with Crippen LogP contribution in [0.4, 0.5) is 13.2 Å². The molecule has 9 heteroatoms. The minimum absolute atomic E-state index is 0.264. The third-order valence-corrected chi connectivity index (χ3v) is 7.30. The number of hydrogen-bond acceptors (Lipinski definition) is 3. The Morgan fingerprint density at radius 3 is 2.48 bits per heavy atom. The van der Waals surface area contributed by atoms with Crippen molar-refractivity contribution in [3.05, 3.63) is 65.2 Å². The molecule has 0 radical (unpaired) electrons. The molecule has 0 bridgehead atoms. The summed E-state index contributed by atoms with van der Waals surface area (Å²) in [6.45, 7) is 0.228. The number of rotatable bonds is 3. The first-order valence-electron chi connectivity index (χ1n) is 9.24. The quantitative estimate of drug-likeness (QED) is 0.761. The van der Waals surface area contributed by atoms with Gasteiger partial charge in [-0.15, -0.1) is 0 Å². The number of amides is 1. The average molecular weight is 424 g/mol. The van der Waals surface area contributed by atoms with Gasteiger partial charge in [-0.05, 0) is 35.7 Å². The predicted molar refractivity (Wildman–Crippen MR) is 99.1 cm³/mol. The lowest BCUT2D eigenvalue weighted by Gasteiger charge is -2.33. The SMILES string of the molecule is O=C([C@@H]1C[C@H](F)CN1S(=O)(=O)c1ccc(F)c(F)c1)N1CCc2ccccc2C1. The van der Waals surface area contributed by atoms with Crippen LogP contribution in [0.2, 0.25) is 0 Å². The minimum atomic E-state index is -4.37. The van der Waals surface area contributed by atoms with Crippen molar-refractivity contribution in [2.45, 2.75) is 36.5 Å². The average Bonchev–Trinajstić information content (AvgIpc) is 3.11. The molecule has 1 fully saturated rings. The molecule has 2 aromatic rings. The Morgan fingerprint density at radius 1 is 1.03 bits per heavy atom. The normalized spacial score (nSPS) is 22.5. The molecule has 0 aromatic heterocycles. The van der Waals surface area contributed by atoms with E-state index in [2.05, 4.69) is 0 Å². The van der Waals surface area contributed by atoms with Crippen LogP contribution in [0, 0.1) is 11.6 Å². The fourth-order valence-electron chi connectivity index (χ4n) is 3.91. The van der Waals surface area contributed by atoms with Gasteiger partial charge in [-0.3, -0.25) is 4.79 Å². The molecule has 2 heterocycles. The van der Waals surface area contributed by atoms with Crippen LogP contribution >= 0.6 is 0 Å². The number of halogens is 3. The second kappa shape index (κ2) is 7.46. The molecule has 1 amide bonds. The van der Waals surface area contributed by atoms with E-state index in [0.717, 1.165) is 21.5 Å². The molecule has 154 valence electrons. The number of nitrogens with zero attached hydrogens (tertiary/aromatic N) is 2. The Balaban J connectivity index is 1.61. The number of alkyl halides is 1. The molecule has 0 saturated carbocycles. The molecule has 0 spiro atoms. The van der Waals surface area contributed by atoms with Crippen LogP contribution in [-0.4, -0.2) is 48.8 Å². The third kappa shape index (κ3) is 3.64. The van der Waals surface area contributed by atoms with Crippen molar-refractivity contribution < 1.29 is 26.4 Å². The maximum Gasteiger partial charge on any atom is 0.244 e. The first kappa shape index (κ1) is 19.9. The molecule has 2 aromatic carbocycles. The summed E-state index contributed by atoms with van der Waals surface area (Å²) in [7, 11) is -4.37. The molecular weight excluding hydrogens is 405 g/mol. The number of sulfonamides is 1. The zero-order chi connectivity index (χ0) is 20.8. The van der Waals surface area contributed by atoms with E-state index >= 15 is 0 Å². The standard InChI is InChI=1S/C20H19F3N2O3S/c21-15-9-19(20(26)24-8-7-13-3-1-2-4-14(13)11-24)25(12-15)29(27,28)16-5-6-17(22)18(23)10-16/h1-6,10,15,19H,7-9,11-12H2/t15-,19-/m0/s1. The molecule has 5 nitrogen and oxygen atoms in total. The largest absolute Gasteiger partial charge is 0.337 e. The highest BCUT2D eigenvalue weighted by Gasteiger charge is 2.46. The number of carbonyl (C=O) groups is 1. The second-order valence-electron chi connectivity index (χ2n) is 7.28. The van der Waals surface area contributed by atoms with E-state index in [-0.39, 0.29) is 6.42 Å². The Morgan fingerprint density at radius 2 is 1.76 bits per heavy atom. The van der Waals surface area contributed by atoms with Crippen LogP contribution in [0.3, 0.4) is 0 Å². The third-order valence-electron chi connectivity index (χ3n) is 5.43. The summed E-state index contributed by atoms with van der Waals surface area (Å²) in [5.74, 6) is -2.99. The molecule has 29 heavy (non-hydrogen) atoms. The maximum absolute atomic E-state index is 14.2. The topological polar surface area (TPSA) is 57.7 Å².